The molecular formula is C11H17F3N2O4. The highest BCUT2D eigenvalue weighted by Gasteiger charge is 2.26. The molecule has 0 spiro atoms. The normalized spacial score (nSPS) is 12.6. The number of nitrogens with one attached hydrogen (secondary N) is 2. The standard InChI is InChI=1S/C11H17F3N2O4/c1-7(6-9(18)19)5-8(17)16-10(20)15-4-2-3-11(12,13)14/h7H,2-6H2,1H3,(H,18,19)(H2,15,16,17,20). The number of carbonyl (C=O) groups is 3. The van der Waals surface area contributed by atoms with Crippen molar-refractivity contribution in [3.63, 3.8) is 0 Å². The van der Waals surface area contributed by atoms with E-state index < -0.39 is 36.4 Å². The number of hydrogen-bond acceptors (Lipinski definition) is 3. The number of aliphatic carboxylic acids is 1. The van der Waals surface area contributed by atoms with Crippen LogP contribution in [0.1, 0.15) is 32.6 Å². The molecule has 0 aliphatic heterocycles. The SMILES string of the molecule is CC(CC(=O)O)CC(=O)NC(=O)NCCCC(F)(F)F. The molecule has 0 fully saturated rings. The molecule has 6 nitrogen and oxygen atoms in total. The maximum absolute atomic E-state index is 11.8. The number of carboxylic acids is 1. The van der Waals surface area contributed by atoms with Crippen LogP contribution in [0.4, 0.5) is 18.0 Å². The van der Waals surface area contributed by atoms with Crippen molar-refractivity contribution in [3.8, 4) is 0 Å². The van der Waals surface area contributed by atoms with Crippen LogP contribution in [0.15, 0.2) is 0 Å². The largest absolute Gasteiger partial charge is 0.481 e. The molecule has 0 aromatic rings. The van der Waals surface area contributed by atoms with Gasteiger partial charge in [-0.05, 0) is 12.3 Å². The van der Waals surface area contributed by atoms with Gasteiger partial charge in [0.1, 0.15) is 0 Å². The van der Waals surface area contributed by atoms with E-state index in [1.54, 1.807) is 0 Å². The molecule has 0 heterocycles. The number of rotatable bonds is 7. The third-order valence-corrected chi connectivity index (χ3v) is 2.23. The minimum absolute atomic E-state index is 0.151. The number of carbonyl (C=O) groups excluding carboxylic acids is 2. The Balaban J connectivity index is 3.80. The van der Waals surface area contributed by atoms with E-state index >= 15 is 0 Å². The second kappa shape index (κ2) is 8.39. The monoisotopic (exact) mass is 298 g/mol. The lowest BCUT2D eigenvalue weighted by atomic mass is 10.0. The summed E-state index contributed by atoms with van der Waals surface area (Å²) in [6.07, 6.45) is -5.93. The van der Waals surface area contributed by atoms with Crippen molar-refractivity contribution in [3.05, 3.63) is 0 Å². The third kappa shape index (κ3) is 11.3. The average Bonchev–Trinajstić information content (AvgIpc) is 2.21. The van der Waals surface area contributed by atoms with Crippen molar-refractivity contribution in [1.82, 2.24) is 10.6 Å². The molecule has 116 valence electrons. The van der Waals surface area contributed by atoms with Crippen LogP contribution in [-0.4, -0.2) is 35.7 Å². The first kappa shape index (κ1) is 18.2. The van der Waals surface area contributed by atoms with Gasteiger partial charge in [0.15, 0.2) is 0 Å². The molecule has 3 amide bonds. The Hall–Kier alpha value is -1.80. The molecule has 20 heavy (non-hydrogen) atoms. The van der Waals surface area contributed by atoms with Gasteiger partial charge in [-0.15, -0.1) is 0 Å². The van der Waals surface area contributed by atoms with Crippen LogP contribution in [0.3, 0.4) is 0 Å². The highest BCUT2D eigenvalue weighted by atomic mass is 19.4. The minimum Gasteiger partial charge on any atom is -0.481 e. The lowest BCUT2D eigenvalue weighted by Crippen LogP contribution is -2.40. The number of imide groups is 1. The van der Waals surface area contributed by atoms with E-state index in [1.807, 2.05) is 5.32 Å². The fourth-order valence-corrected chi connectivity index (χ4v) is 1.40. The van der Waals surface area contributed by atoms with E-state index in [-0.39, 0.29) is 25.8 Å². The Morgan fingerprint density at radius 1 is 1.20 bits per heavy atom. The Morgan fingerprint density at radius 3 is 2.30 bits per heavy atom. The lowest BCUT2D eigenvalue weighted by Gasteiger charge is -2.10. The first-order valence-corrected chi connectivity index (χ1v) is 5.96. The summed E-state index contributed by atoms with van der Waals surface area (Å²) in [5, 5.41) is 12.5. The molecule has 1 unspecified atom stereocenters. The highest BCUT2D eigenvalue weighted by Crippen LogP contribution is 2.20. The zero-order valence-corrected chi connectivity index (χ0v) is 10.9. The van der Waals surface area contributed by atoms with Gasteiger partial charge < -0.3 is 10.4 Å². The molecule has 0 bridgehead atoms. The molecule has 0 saturated heterocycles. The van der Waals surface area contributed by atoms with Gasteiger partial charge in [-0.3, -0.25) is 14.9 Å². The van der Waals surface area contributed by atoms with E-state index in [2.05, 4.69) is 5.32 Å². The smallest absolute Gasteiger partial charge is 0.389 e. The fraction of sp³-hybridized carbons (Fsp3) is 0.727. The molecule has 0 aromatic carbocycles. The summed E-state index contributed by atoms with van der Waals surface area (Å²) in [5.74, 6) is -2.17. The summed E-state index contributed by atoms with van der Waals surface area (Å²) in [7, 11) is 0. The van der Waals surface area contributed by atoms with Gasteiger partial charge in [0, 0.05) is 25.8 Å². The minimum atomic E-state index is -4.28. The number of alkyl halides is 3. The van der Waals surface area contributed by atoms with Crippen molar-refractivity contribution < 1.29 is 32.7 Å². The van der Waals surface area contributed by atoms with E-state index in [1.165, 1.54) is 6.92 Å². The van der Waals surface area contributed by atoms with E-state index in [4.69, 9.17) is 5.11 Å². The zero-order chi connectivity index (χ0) is 15.8. The summed E-state index contributed by atoms with van der Waals surface area (Å²) in [5.41, 5.74) is 0. The van der Waals surface area contributed by atoms with Crippen LogP contribution >= 0.6 is 0 Å². The molecule has 0 saturated carbocycles. The summed E-state index contributed by atoms with van der Waals surface area (Å²) in [6.45, 7) is 1.33. The molecule has 3 N–H and O–H groups in total. The molecule has 0 rings (SSSR count). The summed E-state index contributed by atoms with van der Waals surface area (Å²) < 4.78 is 35.4. The molecular weight excluding hydrogens is 281 g/mol. The fourth-order valence-electron chi connectivity index (χ4n) is 1.40. The number of carboxylic acid groups (broad SMARTS) is 1. The van der Waals surface area contributed by atoms with Gasteiger partial charge in [0.05, 0.1) is 0 Å². The highest BCUT2D eigenvalue weighted by molar-refractivity contribution is 5.94. The molecule has 0 aromatic heterocycles. The Kier molecular flexibility index (Phi) is 7.63. The number of urea groups is 1. The van der Waals surface area contributed by atoms with E-state index in [9.17, 15) is 27.6 Å². The number of halogens is 3. The third-order valence-electron chi connectivity index (χ3n) is 2.23. The lowest BCUT2D eigenvalue weighted by molar-refractivity contribution is -0.138. The first-order valence-electron chi connectivity index (χ1n) is 5.96. The predicted molar refractivity (Wildman–Crippen MR) is 62.9 cm³/mol. The van der Waals surface area contributed by atoms with Crippen LogP contribution < -0.4 is 10.6 Å². The summed E-state index contributed by atoms with van der Waals surface area (Å²) >= 11 is 0. The zero-order valence-electron chi connectivity index (χ0n) is 10.9. The summed E-state index contributed by atoms with van der Waals surface area (Å²) in [6, 6.07) is -0.889. The number of hydrogen-bond donors (Lipinski definition) is 3. The van der Waals surface area contributed by atoms with Gasteiger partial charge in [-0.25, -0.2) is 4.79 Å². The Bertz CT molecular complexity index is 358. The van der Waals surface area contributed by atoms with Crippen LogP contribution in [0.25, 0.3) is 0 Å². The van der Waals surface area contributed by atoms with Crippen LogP contribution in [0, 0.1) is 5.92 Å². The first-order chi connectivity index (χ1) is 9.10. The van der Waals surface area contributed by atoms with Gasteiger partial charge in [0.25, 0.3) is 0 Å². The van der Waals surface area contributed by atoms with Gasteiger partial charge in [0.2, 0.25) is 5.91 Å². The van der Waals surface area contributed by atoms with Crippen LogP contribution in [-0.2, 0) is 9.59 Å². The summed E-state index contributed by atoms with van der Waals surface area (Å²) in [4.78, 5) is 32.8. The van der Waals surface area contributed by atoms with Crippen LogP contribution in [0.2, 0.25) is 0 Å². The molecule has 0 aliphatic carbocycles. The maximum Gasteiger partial charge on any atom is 0.389 e. The Labute approximate surface area is 113 Å². The van der Waals surface area contributed by atoms with Gasteiger partial charge >= 0.3 is 18.2 Å². The van der Waals surface area contributed by atoms with E-state index in [0.717, 1.165) is 0 Å². The quantitative estimate of drug-likeness (QED) is 0.623. The number of amides is 3. The average molecular weight is 298 g/mol. The van der Waals surface area contributed by atoms with Crippen molar-refractivity contribution in [2.45, 2.75) is 38.8 Å². The second-order valence-corrected chi connectivity index (χ2v) is 4.43. The maximum atomic E-state index is 11.8. The van der Waals surface area contributed by atoms with Gasteiger partial charge in [-0.2, -0.15) is 13.2 Å². The second-order valence-electron chi connectivity index (χ2n) is 4.43. The Morgan fingerprint density at radius 2 is 1.80 bits per heavy atom. The van der Waals surface area contributed by atoms with Crippen molar-refractivity contribution in [2.24, 2.45) is 5.92 Å². The van der Waals surface area contributed by atoms with Crippen molar-refractivity contribution in [2.75, 3.05) is 6.54 Å². The van der Waals surface area contributed by atoms with Crippen LogP contribution in [0.5, 0.6) is 0 Å². The van der Waals surface area contributed by atoms with Gasteiger partial charge in [-0.1, -0.05) is 6.92 Å². The molecule has 1 atom stereocenters. The predicted octanol–water partition coefficient (Wildman–Crippen LogP) is 1.66. The van der Waals surface area contributed by atoms with E-state index in [0.29, 0.717) is 0 Å². The van der Waals surface area contributed by atoms with Crippen molar-refractivity contribution >= 4 is 17.9 Å². The topological polar surface area (TPSA) is 95.5 Å². The molecule has 9 heteroatoms. The molecule has 0 aliphatic rings. The van der Waals surface area contributed by atoms with Crippen molar-refractivity contribution in [1.29, 1.82) is 0 Å². The molecule has 0 radical (unpaired) electrons.